The highest BCUT2D eigenvalue weighted by Crippen LogP contribution is 2.62. The molecule has 1 fully saturated rings. The van der Waals surface area contributed by atoms with Gasteiger partial charge >= 0.3 is 0 Å². The van der Waals surface area contributed by atoms with Crippen LogP contribution in [0.3, 0.4) is 0 Å². The molecule has 4 aliphatic rings. The number of nitro benzene ring substituents is 1. The summed E-state index contributed by atoms with van der Waals surface area (Å²) in [6.45, 7) is 10.8. The number of unbranched alkanes of at least 4 members (excludes halogenated alkanes) is 2. The minimum Gasteiger partial charge on any atom is -0.493 e. The molecule has 376 valence electrons. The molecule has 0 bridgehead atoms. The van der Waals surface area contributed by atoms with Crippen LogP contribution in [0.4, 0.5) is 5.69 Å². The zero-order valence-electron chi connectivity index (χ0n) is 40.8. The van der Waals surface area contributed by atoms with Crippen LogP contribution >= 0.6 is 11.8 Å². The van der Waals surface area contributed by atoms with E-state index in [0.717, 1.165) is 53.0 Å². The predicted octanol–water partition coefficient (Wildman–Crippen LogP) is 10.7. The van der Waals surface area contributed by atoms with E-state index in [-0.39, 0.29) is 68.9 Å². The smallest absolute Gasteiger partial charge is 0.269 e. The van der Waals surface area contributed by atoms with E-state index in [0.29, 0.717) is 53.7 Å². The van der Waals surface area contributed by atoms with Crippen LogP contribution in [0.5, 0.6) is 23.0 Å². The lowest BCUT2D eigenvalue weighted by atomic mass is 9.55. The molecule has 6 atom stereocenters. The van der Waals surface area contributed by atoms with Crippen LogP contribution in [-0.4, -0.2) is 88.1 Å². The number of nitro groups is 1. The molecule has 8 rings (SSSR count). The van der Waals surface area contributed by atoms with Gasteiger partial charge in [-0.25, -0.2) is 0 Å². The van der Waals surface area contributed by atoms with Gasteiger partial charge in [-0.3, -0.25) is 14.9 Å². The van der Waals surface area contributed by atoms with Gasteiger partial charge < -0.3 is 43.6 Å². The van der Waals surface area contributed by atoms with Gasteiger partial charge in [-0.05, 0) is 136 Å². The Labute approximate surface area is 420 Å². The summed E-state index contributed by atoms with van der Waals surface area (Å²) >= 11 is 1.73. The highest BCUT2D eigenvalue weighted by atomic mass is 32.2. The number of nitrogens with zero attached hydrogens (tertiary/aromatic N) is 3. The molecular weight excluding hydrogens is 923 g/mol. The first kappa shape index (κ1) is 51.2. The fraction of sp³-hybridized carbons (Fsp3) is 0.429. The normalized spacial score (nSPS) is 22.5. The molecular formula is C56H65N3O11S. The van der Waals surface area contributed by atoms with Crippen molar-refractivity contribution in [3.63, 3.8) is 0 Å². The number of hydrogen-bond donors (Lipinski definition) is 2. The maximum Gasteiger partial charge on any atom is 0.269 e. The molecule has 2 N–H and O–H groups in total. The van der Waals surface area contributed by atoms with Crippen LogP contribution in [0.25, 0.3) is 6.08 Å². The van der Waals surface area contributed by atoms with E-state index in [1.54, 1.807) is 40.9 Å². The van der Waals surface area contributed by atoms with Gasteiger partial charge in [0.05, 0.1) is 29.8 Å². The molecule has 1 amide bonds. The molecule has 14 nitrogen and oxygen atoms in total. The molecule has 71 heavy (non-hydrogen) atoms. The maximum atomic E-state index is 15.3. The molecule has 2 heterocycles. The summed E-state index contributed by atoms with van der Waals surface area (Å²) in [7, 11) is 0. The molecule has 15 heteroatoms. The number of aliphatic hydroxyl groups is 2. The number of thioether (sulfide) groups is 1. The second kappa shape index (κ2) is 23.4. The number of benzene rings is 4. The standard InChI is InChI=1S/C56H65N3O11S/c1-5-29-68-56-51(58(36-39-19-24-49-50(32-39)67-37-66-49)52(62)26-20-38-17-21-41(22-18-38)59(63)64)35-47(57-70-55(2,3)4)45-33-40(13-9-11-27-60)44(16-10-12-28-61)53(54(45)56)46-34-42(23-25-48(46)69-56)65-30-31-71-43-14-7-6-8-15-43/h5-8,14-15,17-26,32-34,40,44,51,53-54,60-61H,1,9-13,16,27-31,35-37H2,2-4H3/t40-,44+,51-,53+,54+,56+/m0/s1. The lowest BCUT2D eigenvalue weighted by Crippen LogP contribution is -2.70. The van der Waals surface area contributed by atoms with Gasteiger partial charge in [-0.1, -0.05) is 54.4 Å². The van der Waals surface area contributed by atoms with Crippen LogP contribution in [-0.2, 0) is 20.9 Å². The number of rotatable bonds is 23. The van der Waals surface area contributed by atoms with Crippen molar-refractivity contribution in [3.05, 3.63) is 148 Å². The maximum absolute atomic E-state index is 15.3. The number of amides is 1. The van der Waals surface area contributed by atoms with Crippen molar-refractivity contribution in [1.29, 1.82) is 0 Å². The van der Waals surface area contributed by atoms with Gasteiger partial charge in [0.25, 0.3) is 5.69 Å². The number of aliphatic hydroxyl groups excluding tert-OH is 2. The van der Waals surface area contributed by atoms with Crippen molar-refractivity contribution < 1.29 is 48.5 Å². The van der Waals surface area contributed by atoms with Crippen LogP contribution < -0.4 is 18.9 Å². The summed E-state index contributed by atoms with van der Waals surface area (Å²) in [4.78, 5) is 35.6. The van der Waals surface area contributed by atoms with E-state index in [1.807, 2.05) is 69.3 Å². The molecule has 4 aromatic rings. The summed E-state index contributed by atoms with van der Waals surface area (Å²) in [6.07, 6.45) is 11.8. The highest BCUT2D eigenvalue weighted by Gasteiger charge is 2.65. The topological polar surface area (TPSA) is 172 Å². The van der Waals surface area contributed by atoms with E-state index in [1.165, 1.54) is 18.2 Å². The van der Waals surface area contributed by atoms with Crippen LogP contribution in [0.1, 0.15) is 88.3 Å². The number of ether oxygens (including phenoxy) is 5. The quantitative estimate of drug-likeness (QED) is 0.0180. The third kappa shape index (κ3) is 12.1. The SMILES string of the molecule is C=CCO[C@@]12Oc3ccc(OCCSc4ccccc4)cc3[C@H]3[C@H](CCCCO)[C@@H](CCCCO)C=C(C(=NOC(C)(C)C)C[C@@H]1N(Cc1ccc4c(c1)OCO4)C(=O)C=Cc1ccc([N+](=O)[O-])cc1)[C@H]32. The lowest BCUT2D eigenvalue weighted by molar-refractivity contribution is -0.384. The van der Waals surface area contributed by atoms with Crippen molar-refractivity contribution in [3.8, 4) is 23.0 Å². The van der Waals surface area contributed by atoms with Gasteiger partial charge in [0, 0.05) is 66.5 Å². The van der Waals surface area contributed by atoms with Crippen molar-refractivity contribution >= 4 is 35.1 Å². The van der Waals surface area contributed by atoms with Crippen molar-refractivity contribution in [1.82, 2.24) is 4.90 Å². The predicted molar refractivity (Wildman–Crippen MR) is 274 cm³/mol. The summed E-state index contributed by atoms with van der Waals surface area (Å²) in [5, 5.41) is 36.6. The molecule has 0 aromatic heterocycles. The van der Waals surface area contributed by atoms with Gasteiger partial charge in [0.2, 0.25) is 18.5 Å². The Bertz CT molecular complexity index is 2580. The Morgan fingerprint density at radius 2 is 1.70 bits per heavy atom. The first-order chi connectivity index (χ1) is 34.4. The number of carbonyl (C=O) groups is 1. The Balaban J connectivity index is 1.30. The molecule has 2 aliphatic heterocycles. The number of oxime groups is 1. The minimum atomic E-state index is -1.52. The molecule has 0 radical (unpaired) electrons. The largest absolute Gasteiger partial charge is 0.493 e. The zero-order valence-corrected chi connectivity index (χ0v) is 41.6. The van der Waals surface area contributed by atoms with Crippen LogP contribution in [0, 0.1) is 27.9 Å². The molecule has 2 aliphatic carbocycles. The second-order valence-corrected chi connectivity index (χ2v) is 20.5. The Kier molecular flexibility index (Phi) is 16.9. The molecule has 1 saturated carbocycles. The number of allylic oxidation sites excluding steroid dienone is 1. The third-order valence-corrected chi connectivity index (χ3v) is 14.4. The van der Waals surface area contributed by atoms with Crippen molar-refractivity contribution in [2.75, 3.05) is 39.0 Å². The van der Waals surface area contributed by atoms with E-state index in [9.17, 15) is 20.3 Å². The first-order valence-electron chi connectivity index (χ1n) is 24.6. The molecule has 0 spiro atoms. The summed E-state index contributed by atoms with van der Waals surface area (Å²) in [5.41, 5.74) is 3.19. The summed E-state index contributed by atoms with van der Waals surface area (Å²) < 4.78 is 32.7. The first-order valence-corrected chi connectivity index (χ1v) is 25.6. The average Bonchev–Trinajstić information content (AvgIpc) is 3.84. The van der Waals surface area contributed by atoms with E-state index < -0.39 is 28.3 Å². The number of carbonyl (C=O) groups excluding carboxylic acids is 1. The summed E-state index contributed by atoms with van der Waals surface area (Å²) in [5.74, 6) is 0.585. The lowest BCUT2D eigenvalue weighted by Gasteiger charge is -2.60. The van der Waals surface area contributed by atoms with E-state index >= 15 is 4.79 Å². The van der Waals surface area contributed by atoms with Gasteiger partial charge in [0.15, 0.2) is 11.5 Å². The Hall–Kier alpha value is -6.13. The van der Waals surface area contributed by atoms with Gasteiger partial charge in [-0.15, -0.1) is 18.3 Å². The number of non-ortho nitro benzene ring substituents is 1. The monoisotopic (exact) mass is 987 g/mol. The minimum absolute atomic E-state index is 0.0100. The summed E-state index contributed by atoms with van der Waals surface area (Å²) in [6, 6.07) is 27.0. The fourth-order valence-electron chi connectivity index (χ4n) is 10.3. The van der Waals surface area contributed by atoms with Gasteiger partial charge in [-0.2, -0.15) is 0 Å². The molecule has 0 unspecified atom stereocenters. The van der Waals surface area contributed by atoms with E-state index in [2.05, 4.69) is 30.9 Å². The average molecular weight is 988 g/mol. The van der Waals surface area contributed by atoms with Crippen LogP contribution in [0.2, 0.25) is 0 Å². The van der Waals surface area contributed by atoms with Crippen molar-refractivity contribution in [2.45, 2.75) is 101 Å². The van der Waals surface area contributed by atoms with E-state index in [4.69, 9.17) is 33.7 Å². The Morgan fingerprint density at radius 1 is 0.958 bits per heavy atom. The van der Waals surface area contributed by atoms with Gasteiger partial charge in [0.1, 0.15) is 23.1 Å². The zero-order chi connectivity index (χ0) is 50.0. The van der Waals surface area contributed by atoms with Crippen molar-refractivity contribution in [2.24, 2.45) is 22.9 Å². The molecule has 0 saturated heterocycles. The number of fused-ring (bicyclic) bond motifs is 3. The number of hydrogen-bond acceptors (Lipinski definition) is 13. The fourth-order valence-corrected chi connectivity index (χ4v) is 11.1. The molecule has 4 aromatic carbocycles. The second-order valence-electron chi connectivity index (χ2n) is 19.3. The highest BCUT2D eigenvalue weighted by molar-refractivity contribution is 7.99. The van der Waals surface area contributed by atoms with Crippen LogP contribution in [0.15, 0.2) is 131 Å². The third-order valence-electron chi connectivity index (χ3n) is 13.4. The Morgan fingerprint density at radius 3 is 2.44 bits per heavy atom.